The van der Waals surface area contributed by atoms with E-state index in [-0.39, 0.29) is 11.7 Å². The molecule has 0 amide bonds. The summed E-state index contributed by atoms with van der Waals surface area (Å²) in [4.78, 5) is 11.6. The predicted molar refractivity (Wildman–Crippen MR) is 48.2 cm³/mol. The number of carbonyl (C=O) groups is 1. The fraction of sp³-hybridized carbons (Fsp3) is 0.273. The number of benzene rings is 1. The van der Waals surface area contributed by atoms with Crippen molar-refractivity contribution in [3.8, 4) is 6.07 Å². The molecule has 1 aliphatic carbocycles. The molecule has 64 valence electrons. The van der Waals surface area contributed by atoms with Gasteiger partial charge in [0.1, 0.15) is 0 Å². The summed E-state index contributed by atoms with van der Waals surface area (Å²) < 4.78 is 0. The maximum absolute atomic E-state index is 11.6. The highest BCUT2D eigenvalue weighted by atomic mass is 16.1. The van der Waals surface area contributed by atoms with Gasteiger partial charge in [0.15, 0.2) is 5.78 Å². The summed E-state index contributed by atoms with van der Waals surface area (Å²) >= 11 is 0. The van der Waals surface area contributed by atoms with Gasteiger partial charge in [0.25, 0.3) is 0 Å². The van der Waals surface area contributed by atoms with Crippen LogP contribution >= 0.6 is 0 Å². The summed E-state index contributed by atoms with van der Waals surface area (Å²) in [5.41, 5.74) is 1.90. The van der Waals surface area contributed by atoms with Crippen LogP contribution in [-0.4, -0.2) is 5.78 Å². The highest BCUT2D eigenvalue weighted by molar-refractivity contribution is 6.02. The topological polar surface area (TPSA) is 40.9 Å². The average Bonchev–Trinajstić information content (AvgIpc) is 2.46. The largest absolute Gasteiger partial charge is 0.294 e. The van der Waals surface area contributed by atoms with Gasteiger partial charge in [0, 0.05) is 17.9 Å². The Balaban J connectivity index is 2.34. The monoisotopic (exact) mass is 171 g/mol. The maximum atomic E-state index is 11.6. The van der Waals surface area contributed by atoms with Crippen LogP contribution in [0.2, 0.25) is 0 Å². The highest BCUT2D eigenvalue weighted by Crippen LogP contribution is 2.27. The van der Waals surface area contributed by atoms with Gasteiger partial charge < -0.3 is 0 Å². The molecule has 1 aromatic carbocycles. The maximum Gasteiger partial charge on any atom is 0.167 e. The number of carbonyl (C=O) groups excluding carboxylic acids is 1. The molecule has 0 unspecified atom stereocenters. The van der Waals surface area contributed by atoms with E-state index in [9.17, 15) is 4.79 Å². The van der Waals surface area contributed by atoms with Crippen LogP contribution in [0.1, 0.15) is 22.3 Å². The molecule has 2 rings (SSSR count). The van der Waals surface area contributed by atoms with Gasteiger partial charge in [-0.2, -0.15) is 5.26 Å². The Morgan fingerprint density at radius 1 is 1.46 bits per heavy atom. The molecule has 0 radical (unpaired) electrons. The molecule has 13 heavy (non-hydrogen) atoms. The zero-order valence-corrected chi connectivity index (χ0v) is 7.16. The van der Waals surface area contributed by atoms with E-state index in [1.54, 1.807) is 0 Å². The number of Topliss-reactive ketones (excluding diaryl/α,β-unsaturated/α-hetero) is 1. The first-order chi connectivity index (χ1) is 6.33. The van der Waals surface area contributed by atoms with Crippen molar-refractivity contribution in [2.75, 3.05) is 0 Å². The smallest absolute Gasteiger partial charge is 0.167 e. The minimum absolute atomic E-state index is 0.0950. The number of nitriles is 1. The van der Waals surface area contributed by atoms with Gasteiger partial charge in [0.2, 0.25) is 0 Å². The molecular weight excluding hydrogens is 162 g/mol. The van der Waals surface area contributed by atoms with Crippen LogP contribution in [-0.2, 0) is 6.42 Å². The van der Waals surface area contributed by atoms with Crippen LogP contribution < -0.4 is 0 Å². The minimum atomic E-state index is -0.0950. The summed E-state index contributed by atoms with van der Waals surface area (Å²) in [5.74, 6) is 0.0413. The van der Waals surface area contributed by atoms with E-state index in [4.69, 9.17) is 5.26 Å². The standard InChI is InChI=1S/C11H9NO/c12-6-5-9-7-8-3-1-2-4-10(8)11(9)13/h1-4,9H,5,7H2/t9-/m0/s1. The van der Waals surface area contributed by atoms with E-state index in [1.807, 2.05) is 24.3 Å². The van der Waals surface area contributed by atoms with Gasteiger partial charge in [0.05, 0.1) is 6.07 Å². The van der Waals surface area contributed by atoms with Crippen LogP contribution in [0.3, 0.4) is 0 Å². The Hall–Kier alpha value is -1.62. The number of rotatable bonds is 1. The van der Waals surface area contributed by atoms with E-state index < -0.39 is 0 Å². The molecule has 0 fully saturated rings. The Labute approximate surface area is 76.8 Å². The normalized spacial score (nSPS) is 19.6. The molecule has 0 spiro atoms. The van der Waals surface area contributed by atoms with Crippen molar-refractivity contribution >= 4 is 5.78 Å². The van der Waals surface area contributed by atoms with Crippen molar-refractivity contribution in [1.29, 1.82) is 5.26 Å². The van der Waals surface area contributed by atoms with Crippen molar-refractivity contribution in [2.24, 2.45) is 5.92 Å². The third kappa shape index (κ3) is 1.23. The zero-order chi connectivity index (χ0) is 9.26. The molecule has 0 aromatic heterocycles. The van der Waals surface area contributed by atoms with Crippen molar-refractivity contribution < 1.29 is 4.79 Å². The summed E-state index contributed by atoms with van der Waals surface area (Å²) in [6.07, 6.45) is 1.08. The summed E-state index contributed by atoms with van der Waals surface area (Å²) in [6, 6.07) is 9.66. The molecular formula is C11H9NO. The fourth-order valence-electron chi connectivity index (χ4n) is 1.79. The molecule has 0 bridgehead atoms. The molecule has 0 saturated heterocycles. The van der Waals surface area contributed by atoms with E-state index >= 15 is 0 Å². The van der Waals surface area contributed by atoms with Gasteiger partial charge in [-0.3, -0.25) is 4.79 Å². The summed E-state index contributed by atoms with van der Waals surface area (Å²) in [6.45, 7) is 0. The quantitative estimate of drug-likeness (QED) is 0.648. The van der Waals surface area contributed by atoms with Crippen molar-refractivity contribution in [3.05, 3.63) is 35.4 Å². The van der Waals surface area contributed by atoms with Crippen LogP contribution in [0.4, 0.5) is 0 Å². The number of ketones is 1. The summed E-state index contributed by atoms with van der Waals surface area (Å²) in [5, 5.41) is 8.52. The minimum Gasteiger partial charge on any atom is -0.294 e. The molecule has 1 aromatic rings. The van der Waals surface area contributed by atoms with Crippen molar-refractivity contribution in [1.82, 2.24) is 0 Å². The lowest BCUT2D eigenvalue weighted by molar-refractivity contribution is 0.0938. The third-order valence-electron chi connectivity index (χ3n) is 2.46. The Morgan fingerprint density at radius 3 is 2.92 bits per heavy atom. The van der Waals surface area contributed by atoms with Gasteiger partial charge in [-0.15, -0.1) is 0 Å². The Kier molecular flexibility index (Phi) is 1.86. The van der Waals surface area contributed by atoms with E-state index in [2.05, 4.69) is 6.07 Å². The molecule has 2 heteroatoms. The summed E-state index contributed by atoms with van der Waals surface area (Å²) in [7, 11) is 0. The van der Waals surface area contributed by atoms with Crippen molar-refractivity contribution in [2.45, 2.75) is 12.8 Å². The zero-order valence-electron chi connectivity index (χ0n) is 7.16. The Morgan fingerprint density at radius 2 is 2.23 bits per heavy atom. The van der Waals surface area contributed by atoms with E-state index in [0.29, 0.717) is 6.42 Å². The molecule has 0 N–H and O–H groups in total. The lowest BCUT2D eigenvalue weighted by Gasteiger charge is -1.98. The second kappa shape index (κ2) is 3.02. The first-order valence-corrected chi connectivity index (χ1v) is 4.32. The SMILES string of the molecule is N#CC[C@H]1Cc2ccccc2C1=O. The average molecular weight is 171 g/mol. The lowest BCUT2D eigenvalue weighted by Crippen LogP contribution is -2.07. The molecule has 1 aliphatic rings. The van der Waals surface area contributed by atoms with Crippen LogP contribution in [0.25, 0.3) is 0 Å². The molecule has 0 saturated carbocycles. The molecule has 2 nitrogen and oxygen atoms in total. The molecule has 0 aliphatic heterocycles. The molecule has 0 heterocycles. The number of nitrogens with zero attached hydrogens (tertiary/aromatic N) is 1. The van der Waals surface area contributed by atoms with E-state index in [1.165, 1.54) is 0 Å². The highest BCUT2D eigenvalue weighted by Gasteiger charge is 2.29. The van der Waals surface area contributed by atoms with E-state index in [0.717, 1.165) is 17.5 Å². The second-order valence-electron chi connectivity index (χ2n) is 3.28. The third-order valence-corrected chi connectivity index (χ3v) is 2.46. The number of hydrogen-bond donors (Lipinski definition) is 0. The molecule has 1 atom stereocenters. The van der Waals surface area contributed by atoms with Crippen LogP contribution in [0.5, 0.6) is 0 Å². The fourth-order valence-corrected chi connectivity index (χ4v) is 1.79. The Bertz CT molecular complexity index is 389. The van der Waals surface area contributed by atoms with Gasteiger partial charge in [-0.25, -0.2) is 0 Å². The lowest BCUT2D eigenvalue weighted by atomic mass is 10.0. The van der Waals surface area contributed by atoms with Gasteiger partial charge in [-0.05, 0) is 12.0 Å². The number of fused-ring (bicyclic) bond motifs is 1. The number of hydrogen-bond acceptors (Lipinski definition) is 2. The predicted octanol–water partition coefficient (Wildman–Crippen LogP) is 1.96. The van der Waals surface area contributed by atoms with Gasteiger partial charge >= 0.3 is 0 Å². The van der Waals surface area contributed by atoms with Gasteiger partial charge in [-0.1, -0.05) is 24.3 Å². The van der Waals surface area contributed by atoms with Crippen LogP contribution in [0, 0.1) is 17.2 Å². The first-order valence-electron chi connectivity index (χ1n) is 4.32. The van der Waals surface area contributed by atoms with Crippen molar-refractivity contribution in [3.63, 3.8) is 0 Å². The first kappa shape index (κ1) is 8.00. The van der Waals surface area contributed by atoms with Crippen LogP contribution in [0.15, 0.2) is 24.3 Å². The second-order valence-corrected chi connectivity index (χ2v) is 3.28.